The number of carbonyl (C=O) groups is 2. The third-order valence-electron chi connectivity index (χ3n) is 1.61. The largest absolute Gasteiger partial charge is 0.358 e. The Morgan fingerprint density at radius 1 is 1.50 bits per heavy atom. The van der Waals surface area contributed by atoms with Gasteiger partial charge in [0.15, 0.2) is 0 Å². The molecule has 14 heavy (non-hydrogen) atoms. The summed E-state index contributed by atoms with van der Waals surface area (Å²) in [4.78, 5) is 25.9. The molecule has 0 saturated carbocycles. The fourth-order valence-corrected chi connectivity index (χ4v) is 0.848. The van der Waals surface area contributed by atoms with Gasteiger partial charge in [0.1, 0.15) is 0 Å². The fraction of sp³-hybridized carbons (Fsp3) is 0.222. The Morgan fingerprint density at radius 2 is 2.29 bits per heavy atom. The normalized spacial score (nSPS) is 9.21. The number of pyridine rings is 1. The van der Waals surface area contributed by atoms with Crippen LogP contribution in [0.3, 0.4) is 0 Å². The summed E-state index contributed by atoms with van der Waals surface area (Å²) in [5.74, 6) is -0.538. The molecule has 0 aliphatic heterocycles. The molecule has 0 spiro atoms. The van der Waals surface area contributed by atoms with Gasteiger partial charge in [-0.05, 0) is 12.1 Å². The second-order valence-electron chi connectivity index (χ2n) is 2.60. The summed E-state index contributed by atoms with van der Waals surface area (Å²) in [6.45, 7) is -0.0236. The Labute approximate surface area is 81.5 Å². The third kappa shape index (κ3) is 2.85. The summed E-state index contributed by atoms with van der Waals surface area (Å²) >= 11 is 0. The van der Waals surface area contributed by atoms with Crippen molar-refractivity contribution in [3.05, 3.63) is 30.1 Å². The van der Waals surface area contributed by atoms with Crippen molar-refractivity contribution >= 4 is 11.8 Å². The number of hydrogen-bond acceptors (Lipinski definition) is 3. The summed E-state index contributed by atoms with van der Waals surface area (Å²) in [6, 6.07) is 3.29. The van der Waals surface area contributed by atoms with E-state index in [9.17, 15) is 9.59 Å². The smallest absolute Gasteiger partial charge is 0.253 e. The zero-order chi connectivity index (χ0) is 10.4. The second-order valence-corrected chi connectivity index (χ2v) is 2.60. The van der Waals surface area contributed by atoms with Gasteiger partial charge in [-0.25, -0.2) is 0 Å². The highest BCUT2D eigenvalue weighted by atomic mass is 16.2. The van der Waals surface area contributed by atoms with Crippen molar-refractivity contribution in [2.24, 2.45) is 0 Å². The van der Waals surface area contributed by atoms with Gasteiger partial charge in [-0.2, -0.15) is 0 Å². The first-order valence-electron chi connectivity index (χ1n) is 4.13. The summed E-state index contributed by atoms with van der Waals surface area (Å²) in [7, 11) is 1.51. The third-order valence-corrected chi connectivity index (χ3v) is 1.61. The second kappa shape index (κ2) is 4.96. The van der Waals surface area contributed by atoms with Crippen molar-refractivity contribution in [2.75, 3.05) is 13.6 Å². The van der Waals surface area contributed by atoms with E-state index in [0.29, 0.717) is 5.56 Å². The van der Waals surface area contributed by atoms with Gasteiger partial charge in [-0.1, -0.05) is 0 Å². The highest BCUT2D eigenvalue weighted by Gasteiger charge is 2.05. The van der Waals surface area contributed by atoms with E-state index in [1.54, 1.807) is 18.3 Å². The molecule has 0 aliphatic carbocycles. The molecule has 5 heteroatoms. The molecule has 0 unspecified atom stereocenters. The van der Waals surface area contributed by atoms with Crippen LogP contribution < -0.4 is 10.6 Å². The van der Waals surface area contributed by atoms with E-state index in [1.807, 2.05) is 0 Å². The molecule has 2 N–H and O–H groups in total. The molecular formula is C9H11N3O2. The van der Waals surface area contributed by atoms with Crippen LogP contribution in [0, 0.1) is 0 Å². The Kier molecular flexibility index (Phi) is 3.60. The molecule has 0 aromatic carbocycles. The van der Waals surface area contributed by atoms with Crippen LogP contribution in [0.25, 0.3) is 0 Å². The van der Waals surface area contributed by atoms with E-state index >= 15 is 0 Å². The highest BCUT2D eigenvalue weighted by molar-refractivity contribution is 5.96. The van der Waals surface area contributed by atoms with Gasteiger partial charge < -0.3 is 10.6 Å². The molecule has 0 fully saturated rings. The average molecular weight is 193 g/mol. The van der Waals surface area contributed by atoms with Crippen LogP contribution in [0.2, 0.25) is 0 Å². The first-order chi connectivity index (χ1) is 6.74. The number of rotatable bonds is 3. The Hall–Kier alpha value is -1.91. The number of aromatic nitrogens is 1. The molecule has 1 heterocycles. The molecule has 1 rings (SSSR count). The SMILES string of the molecule is CNC(=O)CNC(=O)c1cccnc1. The molecule has 2 amide bonds. The van der Waals surface area contributed by atoms with Crippen molar-refractivity contribution in [1.29, 1.82) is 0 Å². The number of nitrogens with zero attached hydrogens (tertiary/aromatic N) is 1. The highest BCUT2D eigenvalue weighted by Crippen LogP contribution is 1.93. The fourth-order valence-electron chi connectivity index (χ4n) is 0.848. The minimum atomic E-state index is -0.304. The van der Waals surface area contributed by atoms with Gasteiger partial charge in [-0.3, -0.25) is 14.6 Å². The molecule has 0 bridgehead atoms. The molecule has 5 nitrogen and oxygen atoms in total. The lowest BCUT2D eigenvalue weighted by atomic mass is 10.3. The summed E-state index contributed by atoms with van der Waals surface area (Å²) in [5, 5.41) is 4.86. The predicted molar refractivity (Wildman–Crippen MR) is 50.6 cm³/mol. The van der Waals surface area contributed by atoms with Crippen molar-refractivity contribution in [3.8, 4) is 0 Å². The van der Waals surface area contributed by atoms with Crippen LogP contribution in [0.4, 0.5) is 0 Å². The van der Waals surface area contributed by atoms with Gasteiger partial charge in [0.2, 0.25) is 5.91 Å². The number of hydrogen-bond donors (Lipinski definition) is 2. The molecule has 74 valence electrons. The Morgan fingerprint density at radius 3 is 2.86 bits per heavy atom. The lowest BCUT2D eigenvalue weighted by molar-refractivity contribution is -0.119. The van der Waals surface area contributed by atoms with Crippen molar-refractivity contribution in [3.63, 3.8) is 0 Å². The van der Waals surface area contributed by atoms with Crippen molar-refractivity contribution in [1.82, 2.24) is 15.6 Å². The minimum Gasteiger partial charge on any atom is -0.358 e. The molecular weight excluding hydrogens is 182 g/mol. The van der Waals surface area contributed by atoms with Gasteiger partial charge in [-0.15, -0.1) is 0 Å². The van der Waals surface area contributed by atoms with E-state index in [4.69, 9.17) is 0 Å². The summed E-state index contributed by atoms with van der Waals surface area (Å²) in [6.07, 6.45) is 3.02. The summed E-state index contributed by atoms with van der Waals surface area (Å²) < 4.78 is 0. The van der Waals surface area contributed by atoms with Crippen LogP contribution >= 0.6 is 0 Å². The lowest BCUT2D eigenvalue weighted by Crippen LogP contribution is -2.35. The standard InChI is InChI=1S/C9H11N3O2/c1-10-8(13)6-12-9(14)7-3-2-4-11-5-7/h2-5H,6H2,1H3,(H,10,13)(H,12,14). The molecule has 0 saturated heterocycles. The van der Waals surface area contributed by atoms with E-state index in [1.165, 1.54) is 13.2 Å². The van der Waals surface area contributed by atoms with Gasteiger partial charge in [0.25, 0.3) is 5.91 Å². The summed E-state index contributed by atoms with van der Waals surface area (Å²) in [5.41, 5.74) is 0.441. The lowest BCUT2D eigenvalue weighted by Gasteiger charge is -2.02. The van der Waals surface area contributed by atoms with E-state index < -0.39 is 0 Å². The zero-order valence-electron chi connectivity index (χ0n) is 7.78. The van der Waals surface area contributed by atoms with Gasteiger partial charge in [0.05, 0.1) is 12.1 Å². The zero-order valence-corrected chi connectivity index (χ0v) is 7.78. The average Bonchev–Trinajstić information content (AvgIpc) is 2.26. The maximum atomic E-state index is 11.3. The van der Waals surface area contributed by atoms with E-state index in [2.05, 4.69) is 15.6 Å². The van der Waals surface area contributed by atoms with Crippen LogP contribution in [-0.4, -0.2) is 30.4 Å². The molecule has 1 aromatic rings. The van der Waals surface area contributed by atoms with E-state index in [0.717, 1.165) is 0 Å². The number of amides is 2. The predicted octanol–water partition coefficient (Wildman–Crippen LogP) is -0.443. The molecule has 0 aliphatic rings. The van der Waals surface area contributed by atoms with Crippen molar-refractivity contribution < 1.29 is 9.59 Å². The van der Waals surface area contributed by atoms with Crippen LogP contribution in [0.5, 0.6) is 0 Å². The molecule has 1 aromatic heterocycles. The first kappa shape index (κ1) is 10.2. The van der Waals surface area contributed by atoms with Crippen LogP contribution in [0.15, 0.2) is 24.5 Å². The van der Waals surface area contributed by atoms with E-state index in [-0.39, 0.29) is 18.4 Å². The monoisotopic (exact) mass is 193 g/mol. The first-order valence-corrected chi connectivity index (χ1v) is 4.13. The maximum absolute atomic E-state index is 11.3. The van der Waals surface area contributed by atoms with Crippen molar-refractivity contribution in [2.45, 2.75) is 0 Å². The quantitative estimate of drug-likeness (QED) is 0.683. The molecule has 0 radical (unpaired) electrons. The van der Waals surface area contributed by atoms with Crippen LogP contribution in [-0.2, 0) is 4.79 Å². The number of nitrogens with one attached hydrogen (secondary N) is 2. The minimum absolute atomic E-state index is 0.0236. The Bertz CT molecular complexity index is 324. The van der Waals surface area contributed by atoms with Gasteiger partial charge >= 0.3 is 0 Å². The Balaban J connectivity index is 2.48. The topological polar surface area (TPSA) is 71.1 Å². The number of likely N-dealkylation sites (N-methyl/N-ethyl adjacent to an activating group) is 1. The van der Waals surface area contributed by atoms with Crippen LogP contribution in [0.1, 0.15) is 10.4 Å². The maximum Gasteiger partial charge on any atom is 0.253 e. The molecule has 0 atom stereocenters. The van der Waals surface area contributed by atoms with Gasteiger partial charge in [0, 0.05) is 19.4 Å². The number of carbonyl (C=O) groups excluding carboxylic acids is 2.